The van der Waals surface area contributed by atoms with E-state index in [-0.39, 0.29) is 18.4 Å². The summed E-state index contributed by atoms with van der Waals surface area (Å²) in [5.74, 6) is -0.474. The molecule has 124 valence electrons. The number of ether oxygens (including phenoxy) is 1. The summed E-state index contributed by atoms with van der Waals surface area (Å²) >= 11 is 0. The number of rotatable bonds is 0. The Hall–Kier alpha value is -1.17. The highest BCUT2D eigenvalue weighted by molar-refractivity contribution is 5.81. The first-order valence-corrected chi connectivity index (χ1v) is 8.12. The molecule has 0 unspecified atom stereocenters. The van der Waals surface area contributed by atoms with Crippen molar-refractivity contribution >= 4 is 5.97 Å². The third-order valence-corrected chi connectivity index (χ3v) is 4.49. The van der Waals surface area contributed by atoms with Crippen LogP contribution in [0.2, 0.25) is 0 Å². The molecule has 2 rings (SSSR count). The van der Waals surface area contributed by atoms with Crippen LogP contribution in [0.1, 0.15) is 38.5 Å². The zero-order chi connectivity index (χ0) is 15.9. The molecule has 1 aliphatic carbocycles. The summed E-state index contributed by atoms with van der Waals surface area (Å²) < 4.78 is 5.01. The van der Waals surface area contributed by atoms with Gasteiger partial charge in [-0.25, -0.2) is 4.79 Å². The molecule has 0 bridgehead atoms. The van der Waals surface area contributed by atoms with E-state index in [2.05, 4.69) is 12.2 Å². The first-order chi connectivity index (χ1) is 10.6. The number of hydrogen-bond donors (Lipinski definition) is 3. The summed E-state index contributed by atoms with van der Waals surface area (Å²) in [4.78, 5) is 11.6. The number of aliphatic hydroxyl groups is 3. The van der Waals surface area contributed by atoms with E-state index in [0.29, 0.717) is 25.7 Å². The average molecular weight is 310 g/mol. The van der Waals surface area contributed by atoms with Gasteiger partial charge in [0.05, 0.1) is 24.9 Å². The van der Waals surface area contributed by atoms with Crippen molar-refractivity contribution in [3.05, 3.63) is 24.3 Å². The normalized spacial score (nSPS) is 40.9. The molecule has 1 aliphatic heterocycles. The third-order valence-electron chi connectivity index (χ3n) is 4.49. The van der Waals surface area contributed by atoms with Gasteiger partial charge in [-0.15, -0.1) is 0 Å². The van der Waals surface area contributed by atoms with Crippen LogP contribution in [0.15, 0.2) is 24.3 Å². The Kier molecular flexibility index (Phi) is 6.61. The lowest BCUT2D eigenvalue weighted by Crippen LogP contribution is -2.21. The Morgan fingerprint density at radius 3 is 2.68 bits per heavy atom. The van der Waals surface area contributed by atoms with Gasteiger partial charge in [0.15, 0.2) is 0 Å². The first-order valence-electron chi connectivity index (χ1n) is 8.12. The maximum absolute atomic E-state index is 11.6. The minimum atomic E-state index is -0.768. The Balaban J connectivity index is 2.05. The minimum absolute atomic E-state index is 0.0778. The van der Waals surface area contributed by atoms with Crippen molar-refractivity contribution in [2.45, 2.75) is 56.8 Å². The van der Waals surface area contributed by atoms with Crippen LogP contribution in [0.4, 0.5) is 0 Å². The molecular formula is C17H26O5. The summed E-state index contributed by atoms with van der Waals surface area (Å²) in [6.07, 6.45) is 9.20. The van der Waals surface area contributed by atoms with Gasteiger partial charge in [0.25, 0.3) is 0 Å². The highest BCUT2D eigenvalue weighted by Gasteiger charge is 2.35. The fourth-order valence-corrected chi connectivity index (χ4v) is 3.24. The van der Waals surface area contributed by atoms with Gasteiger partial charge >= 0.3 is 5.97 Å². The largest absolute Gasteiger partial charge is 0.462 e. The molecule has 1 fully saturated rings. The average Bonchev–Trinajstić information content (AvgIpc) is 2.84. The van der Waals surface area contributed by atoms with Gasteiger partial charge in [0.1, 0.15) is 0 Å². The Bertz CT molecular complexity index is 417. The summed E-state index contributed by atoms with van der Waals surface area (Å²) in [5, 5.41) is 29.9. The molecule has 5 heteroatoms. The standard InChI is InChI=1S/C17H26O5/c18-13-5-3-1-2-4-12-10-14(19)11-15(12)16(20)6-7-17(21)22-9-8-13/h2,4,6-7,12-16,18-20H,1,3,5,8-11H2/b4-2+,7-6+/t12-,13-,14+,15-,16-/m1/s1. The highest BCUT2D eigenvalue weighted by Crippen LogP contribution is 2.36. The lowest BCUT2D eigenvalue weighted by Gasteiger charge is -2.19. The van der Waals surface area contributed by atoms with Crippen molar-refractivity contribution in [1.29, 1.82) is 0 Å². The second-order valence-electron chi connectivity index (χ2n) is 6.27. The quantitative estimate of drug-likeness (QED) is 0.464. The number of cyclic esters (lactones) is 1. The Morgan fingerprint density at radius 1 is 1.05 bits per heavy atom. The van der Waals surface area contributed by atoms with Crippen LogP contribution in [-0.2, 0) is 9.53 Å². The van der Waals surface area contributed by atoms with E-state index in [1.807, 2.05) is 0 Å². The van der Waals surface area contributed by atoms with Crippen molar-refractivity contribution in [1.82, 2.24) is 0 Å². The van der Waals surface area contributed by atoms with Crippen LogP contribution in [0, 0.1) is 11.8 Å². The molecule has 0 spiro atoms. The smallest absolute Gasteiger partial charge is 0.330 e. The van der Waals surface area contributed by atoms with Crippen LogP contribution in [0.3, 0.4) is 0 Å². The van der Waals surface area contributed by atoms with Gasteiger partial charge in [-0.3, -0.25) is 0 Å². The van der Waals surface area contributed by atoms with Gasteiger partial charge in [0, 0.05) is 12.5 Å². The third kappa shape index (κ3) is 5.23. The second kappa shape index (κ2) is 8.46. The molecule has 0 radical (unpaired) electrons. The molecule has 3 N–H and O–H groups in total. The highest BCUT2D eigenvalue weighted by atomic mass is 16.5. The fraction of sp³-hybridized carbons (Fsp3) is 0.706. The molecule has 5 atom stereocenters. The van der Waals surface area contributed by atoms with Crippen LogP contribution < -0.4 is 0 Å². The predicted octanol–water partition coefficient (Wildman–Crippen LogP) is 1.32. The van der Waals surface area contributed by atoms with Gasteiger partial charge in [0.2, 0.25) is 0 Å². The molecule has 0 amide bonds. The monoisotopic (exact) mass is 310 g/mol. The summed E-state index contributed by atoms with van der Waals surface area (Å²) in [6, 6.07) is 0. The zero-order valence-corrected chi connectivity index (χ0v) is 12.8. The molecule has 22 heavy (non-hydrogen) atoms. The molecule has 0 aromatic heterocycles. The molecule has 1 saturated carbocycles. The lowest BCUT2D eigenvalue weighted by molar-refractivity contribution is -0.138. The zero-order valence-electron chi connectivity index (χ0n) is 12.8. The first kappa shape index (κ1) is 17.2. The molecule has 2 aliphatic rings. The molecule has 5 nitrogen and oxygen atoms in total. The van der Waals surface area contributed by atoms with Gasteiger partial charge in [-0.05, 0) is 50.0 Å². The van der Waals surface area contributed by atoms with E-state index in [4.69, 9.17) is 4.74 Å². The maximum Gasteiger partial charge on any atom is 0.330 e. The molecule has 0 aromatic carbocycles. The Morgan fingerprint density at radius 2 is 1.86 bits per heavy atom. The van der Waals surface area contributed by atoms with Crippen LogP contribution in [0.5, 0.6) is 0 Å². The molecule has 0 saturated heterocycles. The van der Waals surface area contributed by atoms with Gasteiger partial charge in [-0.2, -0.15) is 0 Å². The molecular weight excluding hydrogens is 284 g/mol. The van der Waals surface area contributed by atoms with E-state index in [0.717, 1.165) is 12.8 Å². The van der Waals surface area contributed by atoms with E-state index in [1.165, 1.54) is 12.2 Å². The number of carbonyl (C=O) groups excluding carboxylic acids is 1. The lowest BCUT2D eigenvalue weighted by atomic mass is 9.90. The van der Waals surface area contributed by atoms with Crippen molar-refractivity contribution in [2.24, 2.45) is 11.8 Å². The summed E-state index contributed by atoms with van der Waals surface area (Å²) in [7, 11) is 0. The SMILES string of the molecule is O=C1/C=C/[C@@H](O)[C@@H]2C[C@@H](O)C[C@H]2/C=C/CCC[C@@H](O)CCO1. The van der Waals surface area contributed by atoms with Crippen molar-refractivity contribution < 1.29 is 24.9 Å². The number of carbonyl (C=O) groups is 1. The van der Waals surface area contributed by atoms with Crippen molar-refractivity contribution in [2.75, 3.05) is 6.61 Å². The van der Waals surface area contributed by atoms with Crippen molar-refractivity contribution in [3.63, 3.8) is 0 Å². The van der Waals surface area contributed by atoms with Gasteiger partial charge < -0.3 is 20.1 Å². The van der Waals surface area contributed by atoms with Gasteiger partial charge in [-0.1, -0.05) is 12.2 Å². The second-order valence-corrected chi connectivity index (χ2v) is 6.27. The number of fused-ring (bicyclic) bond motifs is 1. The number of hydrogen-bond acceptors (Lipinski definition) is 5. The van der Waals surface area contributed by atoms with E-state index >= 15 is 0 Å². The summed E-state index contributed by atoms with van der Waals surface area (Å²) in [5.41, 5.74) is 0. The van der Waals surface area contributed by atoms with E-state index in [9.17, 15) is 20.1 Å². The van der Waals surface area contributed by atoms with Crippen molar-refractivity contribution in [3.8, 4) is 0 Å². The van der Waals surface area contributed by atoms with E-state index in [1.54, 1.807) is 0 Å². The van der Waals surface area contributed by atoms with Crippen LogP contribution >= 0.6 is 0 Å². The fourth-order valence-electron chi connectivity index (χ4n) is 3.24. The number of aliphatic hydroxyl groups excluding tert-OH is 3. The number of esters is 1. The predicted molar refractivity (Wildman–Crippen MR) is 81.9 cm³/mol. The number of allylic oxidation sites excluding steroid dienone is 2. The topological polar surface area (TPSA) is 87.0 Å². The maximum atomic E-state index is 11.6. The minimum Gasteiger partial charge on any atom is -0.462 e. The Labute approximate surface area is 131 Å². The molecule has 0 aromatic rings. The van der Waals surface area contributed by atoms with Crippen LogP contribution in [-0.4, -0.2) is 46.2 Å². The van der Waals surface area contributed by atoms with Crippen LogP contribution in [0.25, 0.3) is 0 Å². The summed E-state index contributed by atoms with van der Waals surface area (Å²) in [6.45, 7) is 0.182. The van der Waals surface area contributed by atoms with E-state index < -0.39 is 24.3 Å². The molecule has 1 heterocycles.